The van der Waals surface area contributed by atoms with Crippen LogP contribution >= 0.6 is 0 Å². The number of amides is 3. The van der Waals surface area contributed by atoms with E-state index < -0.39 is 0 Å². The molecule has 0 aromatic carbocycles. The summed E-state index contributed by atoms with van der Waals surface area (Å²) in [7, 11) is 0. The smallest absolute Gasteiger partial charge is 0.315 e. The van der Waals surface area contributed by atoms with Crippen molar-refractivity contribution in [2.75, 3.05) is 6.54 Å². The van der Waals surface area contributed by atoms with Crippen LogP contribution in [0.15, 0.2) is 24.4 Å². The first-order valence-electron chi connectivity index (χ1n) is 8.32. The Kier molecular flexibility index (Phi) is 4.50. The van der Waals surface area contributed by atoms with Crippen LogP contribution < -0.4 is 10.6 Å². The molecule has 2 aliphatic rings. The van der Waals surface area contributed by atoms with E-state index in [-0.39, 0.29) is 29.9 Å². The minimum absolute atomic E-state index is 0.0976. The second-order valence-electron chi connectivity index (χ2n) is 6.77. The summed E-state index contributed by atoms with van der Waals surface area (Å²) >= 11 is 0. The van der Waals surface area contributed by atoms with E-state index in [2.05, 4.69) is 15.6 Å². The number of carbonyl (C=O) groups excluding carboxylic acids is 2. The maximum Gasteiger partial charge on any atom is 0.315 e. The first kappa shape index (κ1) is 15.8. The summed E-state index contributed by atoms with van der Waals surface area (Å²) in [5.41, 5.74) is 0.847. The van der Waals surface area contributed by atoms with Gasteiger partial charge < -0.3 is 15.5 Å². The highest BCUT2D eigenvalue weighted by Gasteiger charge is 2.39. The number of pyridine rings is 1. The molecule has 2 atom stereocenters. The molecule has 1 aromatic rings. The molecule has 0 radical (unpaired) electrons. The molecule has 1 saturated carbocycles. The second-order valence-corrected chi connectivity index (χ2v) is 6.77. The van der Waals surface area contributed by atoms with Crippen LogP contribution in [-0.4, -0.2) is 40.5 Å². The van der Waals surface area contributed by atoms with E-state index in [0.717, 1.165) is 18.5 Å². The molecule has 1 aliphatic heterocycles. The van der Waals surface area contributed by atoms with Gasteiger partial charge in [-0.3, -0.25) is 9.78 Å². The van der Waals surface area contributed by atoms with Crippen molar-refractivity contribution in [3.63, 3.8) is 0 Å². The molecule has 23 heavy (non-hydrogen) atoms. The van der Waals surface area contributed by atoms with Crippen molar-refractivity contribution in [3.8, 4) is 0 Å². The van der Waals surface area contributed by atoms with Gasteiger partial charge in [0.1, 0.15) is 0 Å². The molecule has 1 saturated heterocycles. The Morgan fingerprint density at radius 3 is 2.74 bits per heavy atom. The predicted molar refractivity (Wildman–Crippen MR) is 86.6 cm³/mol. The molecule has 2 N–H and O–H groups in total. The van der Waals surface area contributed by atoms with Gasteiger partial charge in [-0.15, -0.1) is 0 Å². The van der Waals surface area contributed by atoms with Crippen molar-refractivity contribution in [1.82, 2.24) is 20.5 Å². The van der Waals surface area contributed by atoms with E-state index in [1.54, 1.807) is 6.20 Å². The van der Waals surface area contributed by atoms with Gasteiger partial charge in [-0.2, -0.15) is 0 Å². The number of carbonyl (C=O) groups is 2. The minimum atomic E-state index is -0.232. The van der Waals surface area contributed by atoms with Crippen molar-refractivity contribution in [3.05, 3.63) is 30.1 Å². The van der Waals surface area contributed by atoms with E-state index in [0.29, 0.717) is 19.0 Å². The average molecular weight is 316 g/mol. The first-order chi connectivity index (χ1) is 11.0. The number of aromatic nitrogens is 1. The molecule has 124 valence electrons. The monoisotopic (exact) mass is 316 g/mol. The fourth-order valence-electron chi connectivity index (χ4n) is 3.08. The van der Waals surface area contributed by atoms with Gasteiger partial charge >= 0.3 is 6.03 Å². The van der Waals surface area contributed by atoms with Crippen LogP contribution in [-0.2, 0) is 4.79 Å². The molecular formula is C17H24N4O2. The molecule has 0 spiro atoms. The Hall–Kier alpha value is -2.11. The van der Waals surface area contributed by atoms with Gasteiger partial charge in [0.05, 0.1) is 17.8 Å². The van der Waals surface area contributed by atoms with Crippen molar-refractivity contribution in [2.24, 2.45) is 5.92 Å². The lowest BCUT2D eigenvalue weighted by molar-refractivity contribution is -0.128. The SMILES string of the molecule is CC(C)[C@H](NC(=O)N[C@@H]1CC(=O)N(C2CC2)C1)c1ccccn1. The molecule has 1 aliphatic carbocycles. The maximum absolute atomic E-state index is 12.3. The summed E-state index contributed by atoms with van der Waals surface area (Å²) in [6.45, 7) is 4.73. The Balaban J connectivity index is 1.56. The van der Waals surface area contributed by atoms with E-state index >= 15 is 0 Å². The highest BCUT2D eigenvalue weighted by molar-refractivity contribution is 5.82. The van der Waals surface area contributed by atoms with Crippen LogP contribution in [0.1, 0.15) is 44.8 Å². The standard InChI is InChI=1S/C17H24N4O2/c1-11(2)16(14-5-3-4-8-18-14)20-17(23)19-12-9-15(22)21(10-12)13-6-7-13/h3-5,8,11-13,16H,6-7,9-10H2,1-2H3,(H2,19,20,23)/t12-,16+/m1/s1. The van der Waals surface area contributed by atoms with Gasteiger partial charge in [0, 0.05) is 25.2 Å². The summed E-state index contributed by atoms with van der Waals surface area (Å²) in [5, 5.41) is 5.93. The molecular weight excluding hydrogens is 292 g/mol. The summed E-state index contributed by atoms with van der Waals surface area (Å²) in [6, 6.07) is 5.63. The number of nitrogens with one attached hydrogen (secondary N) is 2. The number of hydrogen-bond donors (Lipinski definition) is 2. The Bertz CT molecular complexity index is 571. The van der Waals surface area contributed by atoms with Crippen LogP contribution in [0.25, 0.3) is 0 Å². The van der Waals surface area contributed by atoms with Crippen LogP contribution in [0.4, 0.5) is 4.79 Å². The number of rotatable bonds is 5. The largest absolute Gasteiger partial charge is 0.338 e. The van der Waals surface area contributed by atoms with Crippen LogP contribution in [0.5, 0.6) is 0 Å². The van der Waals surface area contributed by atoms with Gasteiger partial charge in [0.25, 0.3) is 0 Å². The summed E-state index contributed by atoms with van der Waals surface area (Å²) in [5.74, 6) is 0.381. The highest BCUT2D eigenvalue weighted by atomic mass is 16.2. The molecule has 3 rings (SSSR count). The number of urea groups is 1. The lowest BCUT2D eigenvalue weighted by Gasteiger charge is -2.23. The van der Waals surface area contributed by atoms with E-state index in [1.165, 1.54) is 0 Å². The van der Waals surface area contributed by atoms with Crippen molar-refractivity contribution in [1.29, 1.82) is 0 Å². The lowest BCUT2D eigenvalue weighted by Crippen LogP contribution is -2.45. The first-order valence-corrected chi connectivity index (χ1v) is 8.32. The zero-order chi connectivity index (χ0) is 16.4. The Labute approximate surface area is 136 Å². The third-order valence-corrected chi connectivity index (χ3v) is 4.44. The van der Waals surface area contributed by atoms with E-state index in [9.17, 15) is 9.59 Å². The van der Waals surface area contributed by atoms with E-state index in [1.807, 2.05) is 36.9 Å². The number of hydrogen-bond acceptors (Lipinski definition) is 3. The molecule has 6 heteroatoms. The maximum atomic E-state index is 12.3. The lowest BCUT2D eigenvalue weighted by atomic mass is 10.0. The molecule has 2 heterocycles. The molecule has 6 nitrogen and oxygen atoms in total. The normalized spacial score (nSPS) is 22.3. The quantitative estimate of drug-likeness (QED) is 0.870. The number of nitrogens with zero attached hydrogens (tertiary/aromatic N) is 2. The third-order valence-electron chi connectivity index (χ3n) is 4.44. The Morgan fingerprint density at radius 2 is 2.13 bits per heavy atom. The van der Waals surface area contributed by atoms with Gasteiger partial charge in [-0.1, -0.05) is 19.9 Å². The van der Waals surface area contributed by atoms with Gasteiger partial charge in [0.15, 0.2) is 0 Å². The Morgan fingerprint density at radius 1 is 1.35 bits per heavy atom. The van der Waals surface area contributed by atoms with E-state index in [4.69, 9.17) is 0 Å². The van der Waals surface area contributed by atoms with Crippen molar-refractivity contribution in [2.45, 2.75) is 51.2 Å². The molecule has 2 fully saturated rings. The van der Waals surface area contributed by atoms with Gasteiger partial charge in [0.2, 0.25) is 5.91 Å². The van der Waals surface area contributed by atoms with Crippen LogP contribution in [0.2, 0.25) is 0 Å². The van der Waals surface area contributed by atoms with Crippen molar-refractivity contribution >= 4 is 11.9 Å². The molecule has 1 aromatic heterocycles. The van der Waals surface area contributed by atoms with Crippen LogP contribution in [0, 0.1) is 5.92 Å². The van der Waals surface area contributed by atoms with Gasteiger partial charge in [-0.05, 0) is 30.9 Å². The fraction of sp³-hybridized carbons (Fsp3) is 0.588. The second kappa shape index (κ2) is 6.56. The summed E-state index contributed by atoms with van der Waals surface area (Å²) in [4.78, 5) is 30.5. The summed E-state index contributed by atoms with van der Waals surface area (Å²) < 4.78 is 0. The molecule has 0 unspecified atom stereocenters. The zero-order valence-corrected chi connectivity index (χ0v) is 13.7. The minimum Gasteiger partial charge on any atom is -0.338 e. The molecule has 3 amide bonds. The van der Waals surface area contributed by atoms with Crippen LogP contribution in [0.3, 0.4) is 0 Å². The van der Waals surface area contributed by atoms with Gasteiger partial charge in [-0.25, -0.2) is 4.79 Å². The third kappa shape index (κ3) is 3.81. The predicted octanol–water partition coefficient (Wildman–Crippen LogP) is 1.84. The number of likely N-dealkylation sites (tertiary alicyclic amines) is 1. The zero-order valence-electron chi connectivity index (χ0n) is 13.7. The molecule has 0 bridgehead atoms. The summed E-state index contributed by atoms with van der Waals surface area (Å²) in [6.07, 6.45) is 4.33. The van der Waals surface area contributed by atoms with Crippen molar-refractivity contribution < 1.29 is 9.59 Å². The topological polar surface area (TPSA) is 74.3 Å². The highest BCUT2D eigenvalue weighted by Crippen LogP contribution is 2.30. The average Bonchev–Trinajstić information content (AvgIpc) is 3.29. The fourth-order valence-corrected chi connectivity index (χ4v) is 3.08.